The fourth-order valence-corrected chi connectivity index (χ4v) is 2.57. The van der Waals surface area contributed by atoms with E-state index in [1.807, 2.05) is 0 Å². The normalized spacial score (nSPS) is 9.97. The Hall–Kier alpha value is -5.01. The number of nitrogens with zero attached hydrogens (tertiary/aromatic N) is 3. The zero-order chi connectivity index (χ0) is 25.6. The average molecular weight is 475 g/mol. The molecule has 3 aromatic carbocycles. The van der Waals surface area contributed by atoms with Gasteiger partial charge in [0.1, 0.15) is 17.2 Å². The van der Waals surface area contributed by atoms with Gasteiger partial charge in [0.2, 0.25) is 5.82 Å². The van der Waals surface area contributed by atoms with Crippen LogP contribution in [0.1, 0.15) is 15.9 Å². The molecule has 12 nitrogen and oxygen atoms in total. The van der Waals surface area contributed by atoms with Crippen LogP contribution in [0.4, 0.5) is 37.2 Å². The van der Waals surface area contributed by atoms with Crippen LogP contribution in [0, 0.1) is 48.9 Å². The monoisotopic (exact) mass is 475 g/mol. The highest BCUT2D eigenvalue weighted by atomic mass is 19.1. The summed E-state index contributed by atoms with van der Waals surface area (Å²) in [5.74, 6) is -2.34. The molecular weight excluding hydrogens is 460 g/mol. The Morgan fingerprint density at radius 3 is 1.91 bits per heavy atom. The SMILES string of the molecule is Cc1cc([N+](=O)[O-])c(NC(=O)c2ccccc2)cc1F.Nc1cc(F)c([N+](=O)[O-])cc1[N+](=O)[O-]. The van der Waals surface area contributed by atoms with Crippen molar-refractivity contribution >= 4 is 34.3 Å². The number of nitro benzene ring substituents is 3. The first-order valence-electron chi connectivity index (χ1n) is 9.11. The molecule has 0 saturated heterocycles. The molecule has 3 rings (SSSR count). The Balaban J connectivity index is 0.000000257. The van der Waals surface area contributed by atoms with Crippen molar-refractivity contribution in [2.45, 2.75) is 6.92 Å². The Labute approximate surface area is 189 Å². The number of hydrogen-bond donors (Lipinski definition) is 2. The minimum Gasteiger partial charge on any atom is -0.393 e. The topological polar surface area (TPSA) is 185 Å². The third kappa shape index (κ3) is 6.03. The molecule has 0 aliphatic rings. The third-order valence-corrected chi connectivity index (χ3v) is 4.25. The summed E-state index contributed by atoms with van der Waals surface area (Å²) in [6.07, 6.45) is 0. The smallest absolute Gasteiger partial charge is 0.311 e. The molecule has 0 spiro atoms. The Kier molecular flexibility index (Phi) is 7.83. The van der Waals surface area contributed by atoms with E-state index < -0.39 is 49.4 Å². The van der Waals surface area contributed by atoms with E-state index in [4.69, 9.17) is 5.73 Å². The first kappa shape index (κ1) is 25.3. The maximum absolute atomic E-state index is 13.5. The van der Waals surface area contributed by atoms with Gasteiger partial charge < -0.3 is 11.1 Å². The highest BCUT2D eigenvalue weighted by molar-refractivity contribution is 6.05. The van der Waals surface area contributed by atoms with E-state index in [0.717, 1.165) is 12.1 Å². The predicted molar refractivity (Wildman–Crippen MR) is 116 cm³/mol. The van der Waals surface area contributed by atoms with E-state index in [1.54, 1.807) is 30.3 Å². The van der Waals surface area contributed by atoms with Crippen molar-refractivity contribution in [1.29, 1.82) is 0 Å². The molecule has 0 aliphatic carbocycles. The molecule has 0 aromatic heterocycles. The van der Waals surface area contributed by atoms with Crippen LogP contribution < -0.4 is 11.1 Å². The van der Waals surface area contributed by atoms with Gasteiger partial charge in [-0.2, -0.15) is 4.39 Å². The van der Waals surface area contributed by atoms with Crippen molar-refractivity contribution in [2.24, 2.45) is 0 Å². The van der Waals surface area contributed by atoms with E-state index in [0.29, 0.717) is 17.7 Å². The molecule has 0 aliphatic heterocycles. The number of hydrogen-bond acceptors (Lipinski definition) is 8. The highest BCUT2D eigenvalue weighted by Gasteiger charge is 2.23. The minimum atomic E-state index is -1.20. The third-order valence-electron chi connectivity index (χ3n) is 4.25. The molecule has 176 valence electrons. The van der Waals surface area contributed by atoms with E-state index >= 15 is 0 Å². The number of halogens is 2. The number of carbonyl (C=O) groups is 1. The number of nitro groups is 3. The minimum absolute atomic E-state index is 0.148. The number of nitrogen functional groups attached to an aromatic ring is 1. The number of nitrogens with two attached hydrogens (primary N) is 1. The number of anilines is 2. The lowest BCUT2D eigenvalue weighted by Crippen LogP contribution is -2.13. The Morgan fingerprint density at radius 2 is 1.38 bits per heavy atom. The summed E-state index contributed by atoms with van der Waals surface area (Å²) >= 11 is 0. The average Bonchev–Trinajstić information content (AvgIpc) is 2.76. The lowest BCUT2D eigenvalue weighted by molar-refractivity contribution is -0.395. The number of aryl methyl sites for hydroxylation is 1. The van der Waals surface area contributed by atoms with Crippen LogP contribution in [0.15, 0.2) is 54.6 Å². The van der Waals surface area contributed by atoms with Gasteiger partial charge in [-0.05, 0) is 24.6 Å². The van der Waals surface area contributed by atoms with Crippen LogP contribution >= 0.6 is 0 Å². The van der Waals surface area contributed by atoms with Gasteiger partial charge in [0.25, 0.3) is 17.3 Å². The Bertz CT molecular complexity index is 1250. The van der Waals surface area contributed by atoms with Crippen molar-refractivity contribution in [2.75, 3.05) is 11.1 Å². The molecule has 14 heteroatoms. The van der Waals surface area contributed by atoms with Gasteiger partial charge in [-0.1, -0.05) is 18.2 Å². The molecule has 0 heterocycles. The van der Waals surface area contributed by atoms with Gasteiger partial charge in [0.05, 0.1) is 20.8 Å². The van der Waals surface area contributed by atoms with E-state index in [1.165, 1.54) is 6.92 Å². The first-order valence-corrected chi connectivity index (χ1v) is 9.11. The molecule has 1 amide bonds. The van der Waals surface area contributed by atoms with Crippen LogP contribution in [0.5, 0.6) is 0 Å². The highest BCUT2D eigenvalue weighted by Crippen LogP contribution is 2.29. The lowest BCUT2D eigenvalue weighted by atomic mass is 10.1. The van der Waals surface area contributed by atoms with Crippen molar-refractivity contribution in [3.8, 4) is 0 Å². The van der Waals surface area contributed by atoms with Gasteiger partial charge in [-0.15, -0.1) is 0 Å². The quantitative estimate of drug-likeness (QED) is 0.306. The summed E-state index contributed by atoms with van der Waals surface area (Å²) in [6, 6.07) is 11.3. The van der Waals surface area contributed by atoms with Crippen LogP contribution in [-0.2, 0) is 0 Å². The summed E-state index contributed by atoms with van der Waals surface area (Å²) in [6.45, 7) is 1.42. The van der Waals surface area contributed by atoms with Crippen LogP contribution in [0.25, 0.3) is 0 Å². The maximum Gasteiger partial charge on any atom is 0.311 e. The lowest BCUT2D eigenvalue weighted by Gasteiger charge is -2.07. The van der Waals surface area contributed by atoms with Gasteiger partial charge in [-0.25, -0.2) is 4.39 Å². The number of amides is 1. The summed E-state index contributed by atoms with van der Waals surface area (Å²) in [7, 11) is 0. The fraction of sp³-hybridized carbons (Fsp3) is 0.0500. The van der Waals surface area contributed by atoms with Gasteiger partial charge in [0, 0.05) is 23.8 Å². The number of benzene rings is 3. The van der Waals surface area contributed by atoms with Gasteiger partial charge in [-0.3, -0.25) is 35.1 Å². The molecule has 0 unspecified atom stereocenters. The van der Waals surface area contributed by atoms with Crippen LogP contribution in [-0.4, -0.2) is 20.7 Å². The molecule has 3 aromatic rings. The maximum atomic E-state index is 13.5. The molecule has 0 fully saturated rings. The molecule has 0 bridgehead atoms. The largest absolute Gasteiger partial charge is 0.393 e. The summed E-state index contributed by atoms with van der Waals surface area (Å²) in [5, 5.41) is 33.8. The second-order valence-corrected chi connectivity index (χ2v) is 6.57. The van der Waals surface area contributed by atoms with Crippen molar-refractivity contribution in [3.05, 3.63) is 108 Å². The molecule has 0 saturated carbocycles. The predicted octanol–water partition coefficient (Wildman–Crippen LogP) is 4.52. The van der Waals surface area contributed by atoms with E-state index in [-0.39, 0.29) is 16.9 Å². The van der Waals surface area contributed by atoms with Crippen LogP contribution in [0.3, 0.4) is 0 Å². The molecule has 3 N–H and O–H groups in total. The summed E-state index contributed by atoms with van der Waals surface area (Å²) in [4.78, 5) is 40.7. The molecule has 0 atom stereocenters. The number of nitrogens with one attached hydrogen (secondary N) is 1. The summed E-state index contributed by atoms with van der Waals surface area (Å²) in [5.41, 5.74) is 2.98. The Morgan fingerprint density at radius 1 is 0.824 bits per heavy atom. The van der Waals surface area contributed by atoms with Crippen molar-refractivity contribution in [1.82, 2.24) is 0 Å². The van der Waals surface area contributed by atoms with Crippen molar-refractivity contribution in [3.63, 3.8) is 0 Å². The summed E-state index contributed by atoms with van der Waals surface area (Å²) < 4.78 is 26.3. The fourth-order valence-electron chi connectivity index (χ4n) is 2.57. The second kappa shape index (κ2) is 10.5. The first-order chi connectivity index (χ1) is 15.9. The number of rotatable bonds is 5. The van der Waals surface area contributed by atoms with Gasteiger partial charge in [0.15, 0.2) is 0 Å². The zero-order valence-corrected chi connectivity index (χ0v) is 17.2. The van der Waals surface area contributed by atoms with Crippen molar-refractivity contribution < 1.29 is 28.3 Å². The molecular formula is C20H15F2N5O7. The number of carbonyl (C=O) groups excluding carboxylic acids is 1. The second-order valence-electron chi connectivity index (χ2n) is 6.57. The van der Waals surface area contributed by atoms with Crippen LogP contribution in [0.2, 0.25) is 0 Å². The molecule has 34 heavy (non-hydrogen) atoms. The molecule has 0 radical (unpaired) electrons. The standard InChI is InChI=1S/C14H11FN2O3.C6H4FN3O4/c1-9-7-13(17(19)20)12(8-11(9)15)16-14(18)10-5-3-2-4-6-10;7-3-1-4(8)6(10(13)14)2-5(3)9(11)12/h2-8H,1H3,(H,16,18);1-2H,8H2. The van der Waals surface area contributed by atoms with Gasteiger partial charge >= 0.3 is 5.69 Å². The zero-order valence-electron chi connectivity index (χ0n) is 17.2. The van der Waals surface area contributed by atoms with E-state index in [9.17, 15) is 43.9 Å². The van der Waals surface area contributed by atoms with E-state index in [2.05, 4.69) is 5.32 Å².